The molecule has 1 aliphatic carbocycles. The first kappa shape index (κ1) is 18.7. The number of anilines is 1. The van der Waals surface area contributed by atoms with Crippen LogP contribution in [0.25, 0.3) is 0 Å². The van der Waals surface area contributed by atoms with E-state index in [1.807, 2.05) is 0 Å². The first-order chi connectivity index (χ1) is 13.5. The Labute approximate surface area is 166 Å². The molecule has 6 nitrogen and oxygen atoms in total. The molecular formula is C20H20ClFN4O2. The summed E-state index contributed by atoms with van der Waals surface area (Å²) >= 11 is 5.91. The summed E-state index contributed by atoms with van der Waals surface area (Å²) in [5, 5.41) is 9.26. The van der Waals surface area contributed by atoms with Gasteiger partial charge in [-0.2, -0.15) is 0 Å². The fourth-order valence-corrected chi connectivity index (χ4v) is 3.43. The highest BCUT2D eigenvalue weighted by Crippen LogP contribution is 2.27. The molecule has 2 aromatic rings. The van der Waals surface area contributed by atoms with Crippen LogP contribution in [0.3, 0.4) is 0 Å². The zero-order valence-corrected chi connectivity index (χ0v) is 15.8. The monoisotopic (exact) mass is 402 g/mol. The molecule has 4 rings (SSSR count). The number of halogens is 2. The molecule has 8 heteroatoms. The molecule has 1 aromatic carbocycles. The van der Waals surface area contributed by atoms with Crippen LogP contribution in [-0.4, -0.2) is 34.9 Å². The smallest absolute Gasteiger partial charge is 0.243 e. The molecule has 1 saturated carbocycles. The second-order valence-corrected chi connectivity index (χ2v) is 7.63. The van der Waals surface area contributed by atoms with Crippen molar-refractivity contribution in [2.24, 2.45) is 0 Å². The molecule has 0 saturated heterocycles. The Kier molecular flexibility index (Phi) is 5.17. The van der Waals surface area contributed by atoms with Gasteiger partial charge in [-0.05, 0) is 42.2 Å². The minimum absolute atomic E-state index is 0.183. The summed E-state index contributed by atoms with van der Waals surface area (Å²) in [4.78, 5) is 29.4. The highest BCUT2D eigenvalue weighted by atomic mass is 35.5. The van der Waals surface area contributed by atoms with Crippen molar-refractivity contribution >= 4 is 29.1 Å². The van der Waals surface area contributed by atoms with Crippen LogP contribution in [0.15, 0.2) is 36.5 Å². The van der Waals surface area contributed by atoms with Crippen LogP contribution in [0.5, 0.6) is 0 Å². The predicted molar refractivity (Wildman–Crippen MR) is 104 cm³/mol. The summed E-state index contributed by atoms with van der Waals surface area (Å²) in [6.45, 7) is 0. The lowest BCUT2D eigenvalue weighted by atomic mass is 10.0. The normalized spacial score (nSPS) is 18.7. The highest BCUT2D eigenvalue weighted by Gasteiger charge is 2.32. The summed E-state index contributed by atoms with van der Waals surface area (Å²) in [5.74, 6) is -0.835. The van der Waals surface area contributed by atoms with E-state index >= 15 is 0 Å². The van der Waals surface area contributed by atoms with Crippen molar-refractivity contribution in [3.05, 3.63) is 58.6 Å². The van der Waals surface area contributed by atoms with Crippen LogP contribution >= 0.6 is 11.6 Å². The Bertz CT molecular complexity index is 902. The number of pyridine rings is 1. The van der Waals surface area contributed by atoms with Crippen LogP contribution in [0.4, 0.5) is 10.1 Å². The van der Waals surface area contributed by atoms with E-state index in [-0.39, 0.29) is 30.1 Å². The first-order valence-corrected chi connectivity index (χ1v) is 9.62. The third-order valence-electron chi connectivity index (χ3n) is 4.94. The molecule has 0 bridgehead atoms. The average molecular weight is 403 g/mol. The van der Waals surface area contributed by atoms with Crippen molar-refractivity contribution in [1.82, 2.24) is 15.6 Å². The minimum atomic E-state index is -0.731. The lowest BCUT2D eigenvalue weighted by Gasteiger charge is -2.21. The zero-order chi connectivity index (χ0) is 19.7. The fourth-order valence-electron chi connectivity index (χ4n) is 3.25. The van der Waals surface area contributed by atoms with Crippen molar-refractivity contribution in [1.29, 1.82) is 0 Å². The molecule has 1 fully saturated rings. The van der Waals surface area contributed by atoms with E-state index in [2.05, 4.69) is 20.9 Å². The van der Waals surface area contributed by atoms with Gasteiger partial charge in [0, 0.05) is 18.9 Å². The van der Waals surface area contributed by atoms with Gasteiger partial charge in [-0.25, -0.2) is 9.37 Å². The van der Waals surface area contributed by atoms with Crippen molar-refractivity contribution in [2.75, 3.05) is 5.32 Å². The summed E-state index contributed by atoms with van der Waals surface area (Å²) in [6, 6.07) is 6.62. The molecule has 0 spiro atoms. The van der Waals surface area contributed by atoms with E-state index < -0.39 is 12.1 Å². The third kappa shape index (κ3) is 4.42. The summed E-state index contributed by atoms with van der Waals surface area (Å²) in [7, 11) is 0. The molecule has 1 aromatic heterocycles. The number of hydrogen-bond donors (Lipinski definition) is 3. The lowest BCUT2D eigenvalue weighted by molar-refractivity contribution is -0.129. The molecule has 146 valence electrons. The maximum atomic E-state index is 13.2. The van der Waals surface area contributed by atoms with Gasteiger partial charge in [0.1, 0.15) is 23.1 Å². The summed E-state index contributed by atoms with van der Waals surface area (Å²) in [6.07, 6.45) is 4.27. The van der Waals surface area contributed by atoms with E-state index in [1.54, 1.807) is 24.4 Å². The Morgan fingerprint density at radius 2 is 2.04 bits per heavy atom. The minimum Gasteiger partial charge on any atom is -0.372 e. The van der Waals surface area contributed by atoms with Crippen LogP contribution in [-0.2, 0) is 22.4 Å². The van der Waals surface area contributed by atoms with Crippen molar-refractivity contribution in [2.45, 2.75) is 43.8 Å². The van der Waals surface area contributed by atoms with Gasteiger partial charge in [-0.15, -0.1) is 0 Å². The van der Waals surface area contributed by atoms with Gasteiger partial charge in [-0.3, -0.25) is 9.59 Å². The molecule has 2 heterocycles. The van der Waals surface area contributed by atoms with Gasteiger partial charge in [0.25, 0.3) is 0 Å². The molecule has 2 amide bonds. The summed E-state index contributed by atoms with van der Waals surface area (Å²) in [5.41, 5.74) is 2.45. The highest BCUT2D eigenvalue weighted by molar-refractivity contribution is 6.29. The molecule has 1 aliphatic heterocycles. The van der Waals surface area contributed by atoms with Gasteiger partial charge in [0.05, 0.1) is 11.9 Å². The topological polar surface area (TPSA) is 83.1 Å². The lowest BCUT2D eigenvalue weighted by Crippen LogP contribution is -2.52. The van der Waals surface area contributed by atoms with Crippen molar-refractivity contribution in [3.8, 4) is 0 Å². The second kappa shape index (κ2) is 7.75. The Morgan fingerprint density at radius 3 is 2.75 bits per heavy atom. The van der Waals surface area contributed by atoms with Gasteiger partial charge < -0.3 is 16.0 Å². The summed E-state index contributed by atoms with van der Waals surface area (Å²) < 4.78 is 13.2. The molecule has 1 unspecified atom stereocenters. The number of carbonyl (C=O) groups excluding carboxylic acids is 2. The maximum absolute atomic E-state index is 13.2. The van der Waals surface area contributed by atoms with Crippen LogP contribution < -0.4 is 16.0 Å². The van der Waals surface area contributed by atoms with E-state index in [9.17, 15) is 14.0 Å². The number of benzene rings is 1. The molecular weight excluding hydrogens is 383 g/mol. The number of hydrogen-bond acceptors (Lipinski definition) is 4. The average Bonchev–Trinajstić information content (AvgIpc) is 3.38. The predicted octanol–water partition coefficient (Wildman–Crippen LogP) is 2.22. The number of fused-ring (bicyclic) bond motifs is 1. The Morgan fingerprint density at radius 1 is 1.29 bits per heavy atom. The first-order valence-electron chi connectivity index (χ1n) is 9.24. The SMILES string of the molecule is O=C(N[C@@H](Cc1ccc(F)cc1)C(=O)NC1CC1)C1Cc2cc(Cl)ncc2N1. The van der Waals surface area contributed by atoms with E-state index in [4.69, 9.17) is 11.6 Å². The van der Waals surface area contributed by atoms with Gasteiger partial charge in [0.15, 0.2) is 0 Å². The Hall–Kier alpha value is -2.67. The number of nitrogens with zero attached hydrogens (tertiary/aromatic N) is 1. The van der Waals surface area contributed by atoms with Gasteiger partial charge >= 0.3 is 0 Å². The van der Waals surface area contributed by atoms with E-state index in [0.717, 1.165) is 29.7 Å². The number of carbonyl (C=O) groups is 2. The Balaban J connectivity index is 1.44. The molecule has 2 atom stereocenters. The van der Waals surface area contributed by atoms with Crippen LogP contribution in [0.2, 0.25) is 5.15 Å². The quantitative estimate of drug-likeness (QED) is 0.647. The van der Waals surface area contributed by atoms with E-state index in [1.165, 1.54) is 12.1 Å². The van der Waals surface area contributed by atoms with Crippen LogP contribution in [0.1, 0.15) is 24.0 Å². The van der Waals surface area contributed by atoms with Crippen molar-refractivity contribution in [3.63, 3.8) is 0 Å². The molecule has 28 heavy (non-hydrogen) atoms. The third-order valence-corrected chi connectivity index (χ3v) is 5.14. The molecule has 3 N–H and O–H groups in total. The van der Waals surface area contributed by atoms with E-state index in [0.29, 0.717) is 11.6 Å². The second-order valence-electron chi connectivity index (χ2n) is 7.24. The molecule has 0 radical (unpaired) electrons. The number of aromatic nitrogens is 1. The maximum Gasteiger partial charge on any atom is 0.243 e. The van der Waals surface area contributed by atoms with Gasteiger partial charge in [-0.1, -0.05) is 23.7 Å². The number of nitrogens with one attached hydrogen (secondary N) is 3. The molecule has 2 aliphatic rings. The number of rotatable bonds is 6. The van der Waals surface area contributed by atoms with Crippen molar-refractivity contribution < 1.29 is 14.0 Å². The fraction of sp³-hybridized carbons (Fsp3) is 0.350. The largest absolute Gasteiger partial charge is 0.372 e. The zero-order valence-electron chi connectivity index (χ0n) is 15.0. The number of amides is 2. The standard InChI is InChI=1S/C20H20ClFN4O2/c21-18-9-12-8-16(25-17(12)10-23-18)20(28)26-15(19(27)24-14-5-6-14)7-11-1-3-13(22)4-2-11/h1-4,9-10,14-16,25H,5-8H2,(H,24,27)(H,26,28)/t15-,16?/m0/s1. The van der Waals surface area contributed by atoms with Gasteiger partial charge in [0.2, 0.25) is 11.8 Å². The van der Waals surface area contributed by atoms with Crippen LogP contribution in [0, 0.1) is 5.82 Å².